The third-order valence-corrected chi connectivity index (χ3v) is 3.77. The van der Waals surface area contributed by atoms with Crippen molar-refractivity contribution < 1.29 is 14.1 Å². The second kappa shape index (κ2) is 7.17. The molecule has 0 spiro atoms. The number of ether oxygens (including phenoxy) is 1. The molecule has 3 rings (SSSR count). The van der Waals surface area contributed by atoms with Gasteiger partial charge >= 0.3 is 6.09 Å². The lowest BCUT2D eigenvalue weighted by Crippen LogP contribution is -2.40. The molecule has 2 aromatic heterocycles. The third kappa shape index (κ3) is 3.82. The fraction of sp³-hybridized carbons (Fsp3) is 0.533. The summed E-state index contributed by atoms with van der Waals surface area (Å²) < 4.78 is 10.4. The Balaban J connectivity index is 1.61. The Kier molecular flexibility index (Phi) is 4.80. The van der Waals surface area contributed by atoms with E-state index in [1.807, 2.05) is 6.92 Å². The van der Waals surface area contributed by atoms with Crippen LogP contribution < -0.4 is 0 Å². The second-order valence-corrected chi connectivity index (χ2v) is 5.46. The van der Waals surface area contributed by atoms with Crippen molar-refractivity contribution in [3.63, 3.8) is 0 Å². The number of piperidine rings is 1. The Bertz CT molecular complexity index is 646. The molecular formula is C15H19N5O3. The van der Waals surface area contributed by atoms with Crippen LogP contribution >= 0.6 is 0 Å². The first-order valence-electron chi connectivity index (χ1n) is 7.77. The van der Waals surface area contributed by atoms with E-state index >= 15 is 0 Å². The van der Waals surface area contributed by atoms with Gasteiger partial charge in [0.1, 0.15) is 5.69 Å². The standard InChI is InChI=1S/C15H19N5O3/c1-2-22-15(21)20-7-3-4-11(10-20)8-13-18-14(19-23-13)12-9-16-5-6-17-12/h5-6,9,11H,2-4,7-8,10H2,1H3. The van der Waals surface area contributed by atoms with Crippen LogP contribution in [-0.2, 0) is 11.2 Å². The molecule has 1 unspecified atom stereocenters. The Morgan fingerprint density at radius 3 is 3.17 bits per heavy atom. The fourth-order valence-electron chi connectivity index (χ4n) is 2.72. The lowest BCUT2D eigenvalue weighted by molar-refractivity contribution is 0.0871. The number of amides is 1. The van der Waals surface area contributed by atoms with Crippen LogP contribution in [0.3, 0.4) is 0 Å². The van der Waals surface area contributed by atoms with Gasteiger partial charge in [-0.1, -0.05) is 5.16 Å². The van der Waals surface area contributed by atoms with E-state index in [9.17, 15) is 4.79 Å². The zero-order valence-corrected chi connectivity index (χ0v) is 13.0. The van der Waals surface area contributed by atoms with Crippen molar-refractivity contribution in [3.05, 3.63) is 24.5 Å². The molecule has 0 bridgehead atoms. The summed E-state index contributed by atoms with van der Waals surface area (Å²) in [6.45, 7) is 3.60. The van der Waals surface area contributed by atoms with Crippen molar-refractivity contribution in [2.24, 2.45) is 5.92 Å². The van der Waals surface area contributed by atoms with Crippen molar-refractivity contribution in [1.82, 2.24) is 25.0 Å². The highest BCUT2D eigenvalue weighted by Gasteiger charge is 2.26. The summed E-state index contributed by atoms with van der Waals surface area (Å²) in [5.41, 5.74) is 0.583. The van der Waals surface area contributed by atoms with Gasteiger partial charge in [-0.3, -0.25) is 4.98 Å². The van der Waals surface area contributed by atoms with E-state index in [0.717, 1.165) is 19.4 Å². The summed E-state index contributed by atoms with van der Waals surface area (Å²) in [6, 6.07) is 0. The number of carbonyl (C=O) groups excluding carboxylic acids is 1. The van der Waals surface area contributed by atoms with Gasteiger partial charge in [0.2, 0.25) is 11.7 Å². The van der Waals surface area contributed by atoms with Crippen LogP contribution in [-0.4, -0.2) is 50.8 Å². The molecule has 1 aliphatic heterocycles. The van der Waals surface area contributed by atoms with E-state index in [1.54, 1.807) is 23.5 Å². The van der Waals surface area contributed by atoms with Gasteiger partial charge in [0.05, 0.1) is 12.8 Å². The molecule has 0 N–H and O–H groups in total. The molecule has 8 nitrogen and oxygen atoms in total. The summed E-state index contributed by atoms with van der Waals surface area (Å²) in [7, 11) is 0. The lowest BCUT2D eigenvalue weighted by Gasteiger charge is -2.31. The topological polar surface area (TPSA) is 94.2 Å². The van der Waals surface area contributed by atoms with Gasteiger partial charge in [-0.25, -0.2) is 9.78 Å². The highest BCUT2D eigenvalue weighted by atomic mass is 16.6. The molecule has 1 aliphatic rings. The fourth-order valence-corrected chi connectivity index (χ4v) is 2.72. The Labute approximate surface area is 133 Å². The normalized spacial score (nSPS) is 18.0. The summed E-state index contributed by atoms with van der Waals surface area (Å²) in [5.74, 6) is 1.29. The van der Waals surface area contributed by atoms with Crippen LogP contribution in [0.15, 0.2) is 23.1 Å². The van der Waals surface area contributed by atoms with Crippen LogP contribution in [0.25, 0.3) is 11.5 Å². The quantitative estimate of drug-likeness (QED) is 0.850. The minimum absolute atomic E-state index is 0.247. The number of likely N-dealkylation sites (tertiary alicyclic amines) is 1. The zero-order valence-electron chi connectivity index (χ0n) is 13.0. The van der Waals surface area contributed by atoms with Gasteiger partial charge in [-0.15, -0.1) is 0 Å². The van der Waals surface area contributed by atoms with Crippen molar-refractivity contribution >= 4 is 6.09 Å². The average molecular weight is 317 g/mol. The van der Waals surface area contributed by atoms with Gasteiger partial charge in [0.15, 0.2) is 0 Å². The number of hydrogen-bond donors (Lipinski definition) is 0. The maximum absolute atomic E-state index is 11.8. The largest absolute Gasteiger partial charge is 0.450 e. The number of rotatable bonds is 4. The molecule has 0 aromatic carbocycles. The van der Waals surface area contributed by atoms with E-state index < -0.39 is 0 Å². The monoisotopic (exact) mass is 317 g/mol. The van der Waals surface area contributed by atoms with Crippen molar-refractivity contribution in [3.8, 4) is 11.5 Å². The van der Waals surface area contributed by atoms with Gasteiger partial charge in [-0.2, -0.15) is 4.98 Å². The molecule has 1 saturated heterocycles. The minimum atomic E-state index is -0.247. The number of hydrogen-bond acceptors (Lipinski definition) is 7. The molecular weight excluding hydrogens is 298 g/mol. The number of nitrogens with zero attached hydrogens (tertiary/aromatic N) is 5. The number of aromatic nitrogens is 4. The van der Waals surface area contributed by atoms with Crippen molar-refractivity contribution in [2.45, 2.75) is 26.2 Å². The van der Waals surface area contributed by atoms with Crippen LogP contribution in [0.2, 0.25) is 0 Å². The van der Waals surface area contributed by atoms with E-state index in [4.69, 9.17) is 9.26 Å². The van der Waals surface area contributed by atoms with Crippen LogP contribution in [0.5, 0.6) is 0 Å². The SMILES string of the molecule is CCOC(=O)N1CCCC(Cc2nc(-c3cnccn3)no2)C1. The Morgan fingerprint density at radius 1 is 1.48 bits per heavy atom. The maximum atomic E-state index is 11.8. The predicted molar refractivity (Wildman–Crippen MR) is 80.3 cm³/mol. The van der Waals surface area contributed by atoms with E-state index in [0.29, 0.717) is 42.9 Å². The highest BCUT2D eigenvalue weighted by molar-refractivity contribution is 5.67. The molecule has 8 heteroatoms. The van der Waals surface area contributed by atoms with E-state index in [1.165, 1.54) is 0 Å². The molecule has 3 heterocycles. The zero-order chi connectivity index (χ0) is 16.1. The summed E-state index contributed by atoms with van der Waals surface area (Å²) in [6.07, 6.45) is 7.15. The average Bonchev–Trinajstić information content (AvgIpc) is 3.05. The smallest absolute Gasteiger partial charge is 0.409 e. The summed E-state index contributed by atoms with van der Waals surface area (Å²) in [4.78, 5) is 26.1. The Hall–Kier alpha value is -2.51. The van der Waals surface area contributed by atoms with Crippen LogP contribution in [0.4, 0.5) is 4.79 Å². The number of carbonyl (C=O) groups is 1. The van der Waals surface area contributed by atoms with Crippen molar-refractivity contribution in [2.75, 3.05) is 19.7 Å². The lowest BCUT2D eigenvalue weighted by atomic mass is 9.95. The molecule has 0 radical (unpaired) electrons. The second-order valence-electron chi connectivity index (χ2n) is 5.46. The maximum Gasteiger partial charge on any atom is 0.409 e. The molecule has 1 amide bonds. The molecule has 122 valence electrons. The molecule has 0 aliphatic carbocycles. The van der Waals surface area contributed by atoms with Gasteiger partial charge in [0, 0.05) is 31.9 Å². The molecule has 2 aromatic rings. The summed E-state index contributed by atoms with van der Waals surface area (Å²) in [5, 5.41) is 3.94. The van der Waals surface area contributed by atoms with Crippen LogP contribution in [0.1, 0.15) is 25.7 Å². The van der Waals surface area contributed by atoms with Gasteiger partial charge in [0.25, 0.3) is 0 Å². The molecule has 23 heavy (non-hydrogen) atoms. The molecule has 1 fully saturated rings. The first kappa shape index (κ1) is 15.4. The summed E-state index contributed by atoms with van der Waals surface area (Å²) >= 11 is 0. The van der Waals surface area contributed by atoms with E-state index in [2.05, 4.69) is 20.1 Å². The minimum Gasteiger partial charge on any atom is -0.450 e. The van der Waals surface area contributed by atoms with Gasteiger partial charge < -0.3 is 14.2 Å². The predicted octanol–water partition coefficient (Wildman–Crippen LogP) is 1.94. The highest BCUT2D eigenvalue weighted by Crippen LogP contribution is 2.22. The third-order valence-electron chi connectivity index (χ3n) is 3.77. The van der Waals surface area contributed by atoms with E-state index in [-0.39, 0.29) is 6.09 Å². The molecule has 0 saturated carbocycles. The Morgan fingerprint density at radius 2 is 2.39 bits per heavy atom. The van der Waals surface area contributed by atoms with Crippen molar-refractivity contribution in [1.29, 1.82) is 0 Å². The first-order chi connectivity index (χ1) is 11.3. The first-order valence-corrected chi connectivity index (χ1v) is 7.77. The van der Waals surface area contributed by atoms with Gasteiger partial charge in [-0.05, 0) is 25.7 Å². The van der Waals surface area contributed by atoms with Crippen LogP contribution in [0, 0.1) is 5.92 Å². The molecule has 1 atom stereocenters.